The second kappa shape index (κ2) is 5.57. The van der Waals surface area contributed by atoms with Gasteiger partial charge in [-0.25, -0.2) is 9.78 Å². The van der Waals surface area contributed by atoms with Gasteiger partial charge in [0.2, 0.25) is 5.88 Å². The number of carbonyl (C=O) groups excluding carboxylic acids is 1. The van der Waals surface area contributed by atoms with Gasteiger partial charge < -0.3 is 14.8 Å². The van der Waals surface area contributed by atoms with Crippen LogP contribution in [0, 0.1) is 0 Å². The lowest BCUT2D eigenvalue weighted by Gasteiger charge is -2.21. The number of esters is 1. The average Bonchev–Trinajstić information content (AvgIpc) is 2.96. The summed E-state index contributed by atoms with van der Waals surface area (Å²) in [5.74, 6) is 0.473. The number of hydrogen-bond donors (Lipinski definition) is 1. The summed E-state index contributed by atoms with van der Waals surface area (Å²) in [5.41, 5.74) is 5.92. The maximum absolute atomic E-state index is 11.7. The van der Waals surface area contributed by atoms with Crippen molar-refractivity contribution in [3.8, 4) is 5.88 Å². The lowest BCUT2D eigenvalue weighted by Crippen LogP contribution is -2.10. The highest BCUT2D eigenvalue weighted by Crippen LogP contribution is 2.35. The number of cyclic esters (lactones) is 1. The van der Waals surface area contributed by atoms with Crippen molar-refractivity contribution in [2.45, 2.75) is 32.3 Å². The third-order valence-corrected chi connectivity index (χ3v) is 4.52. The Labute approximate surface area is 134 Å². The molecular formula is C18H18N2O3. The van der Waals surface area contributed by atoms with E-state index in [0.29, 0.717) is 12.2 Å². The molecule has 0 amide bonds. The van der Waals surface area contributed by atoms with Crippen molar-refractivity contribution in [1.29, 1.82) is 0 Å². The summed E-state index contributed by atoms with van der Waals surface area (Å²) in [6.45, 7) is 0.369. The molecule has 0 radical (unpaired) electrons. The molecular weight excluding hydrogens is 292 g/mol. The number of nitrogens with zero attached hydrogens (tertiary/aromatic N) is 1. The predicted octanol–water partition coefficient (Wildman–Crippen LogP) is 3.38. The Morgan fingerprint density at radius 3 is 2.87 bits per heavy atom. The summed E-state index contributed by atoms with van der Waals surface area (Å²) in [6.07, 6.45) is 6.17. The minimum atomic E-state index is -0.251. The van der Waals surface area contributed by atoms with Crippen molar-refractivity contribution in [3.05, 3.63) is 46.6 Å². The molecule has 5 heteroatoms. The Morgan fingerprint density at radius 2 is 2.04 bits per heavy atom. The van der Waals surface area contributed by atoms with Crippen LogP contribution in [0.5, 0.6) is 5.88 Å². The minimum absolute atomic E-state index is 0.251. The van der Waals surface area contributed by atoms with Gasteiger partial charge in [-0.15, -0.1) is 0 Å². The molecule has 0 saturated carbocycles. The van der Waals surface area contributed by atoms with Gasteiger partial charge in [0.1, 0.15) is 6.61 Å². The van der Waals surface area contributed by atoms with Gasteiger partial charge in [-0.3, -0.25) is 0 Å². The number of pyridine rings is 1. The highest BCUT2D eigenvalue weighted by molar-refractivity contribution is 5.94. The third kappa shape index (κ3) is 2.42. The molecule has 23 heavy (non-hydrogen) atoms. The molecule has 0 spiro atoms. The zero-order valence-electron chi connectivity index (χ0n) is 13.0. The maximum atomic E-state index is 11.7. The zero-order chi connectivity index (χ0) is 15.8. The Balaban J connectivity index is 1.70. The van der Waals surface area contributed by atoms with Crippen molar-refractivity contribution < 1.29 is 14.3 Å². The second-order valence-electron chi connectivity index (χ2n) is 5.92. The number of nitrogens with one attached hydrogen (secondary N) is 1. The Kier molecular flexibility index (Phi) is 3.41. The van der Waals surface area contributed by atoms with E-state index in [1.165, 1.54) is 24.0 Å². The number of ether oxygens (including phenoxy) is 2. The van der Waals surface area contributed by atoms with Gasteiger partial charge in [0.15, 0.2) is 0 Å². The van der Waals surface area contributed by atoms with E-state index in [1.54, 1.807) is 7.11 Å². The number of aromatic nitrogens is 1. The van der Waals surface area contributed by atoms with E-state index in [9.17, 15) is 4.79 Å². The van der Waals surface area contributed by atoms with Gasteiger partial charge in [-0.05, 0) is 43.4 Å². The lowest BCUT2D eigenvalue weighted by atomic mass is 9.91. The van der Waals surface area contributed by atoms with E-state index in [4.69, 9.17) is 9.47 Å². The first-order valence-electron chi connectivity index (χ1n) is 7.88. The fraction of sp³-hybridized carbons (Fsp3) is 0.333. The number of carbonyl (C=O) groups is 1. The highest BCUT2D eigenvalue weighted by Gasteiger charge is 2.22. The van der Waals surface area contributed by atoms with Crippen LogP contribution in [-0.4, -0.2) is 18.1 Å². The van der Waals surface area contributed by atoms with Gasteiger partial charge in [0.25, 0.3) is 0 Å². The molecule has 0 unspecified atom stereocenters. The summed E-state index contributed by atoms with van der Waals surface area (Å²) >= 11 is 0. The van der Waals surface area contributed by atoms with Crippen LogP contribution in [0.3, 0.4) is 0 Å². The van der Waals surface area contributed by atoms with Crippen molar-refractivity contribution in [3.63, 3.8) is 0 Å². The normalized spacial score (nSPS) is 15.6. The van der Waals surface area contributed by atoms with Crippen LogP contribution < -0.4 is 10.1 Å². The van der Waals surface area contributed by atoms with Crippen LogP contribution >= 0.6 is 0 Å². The van der Waals surface area contributed by atoms with Crippen LogP contribution in [0.1, 0.15) is 39.9 Å². The van der Waals surface area contributed by atoms with E-state index in [0.717, 1.165) is 35.7 Å². The number of methoxy groups -OCH3 is 1. The highest BCUT2D eigenvalue weighted by atomic mass is 16.5. The maximum Gasteiger partial charge on any atom is 0.338 e. The fourth-order valence-electron chi connectivity index (χ4n) is 3.35. The Hall–Kier alpha value is -2.56. The summed E-state index contributed by atoms with van der Waals surface area (Å²) in [6, 6.07) is 5.76. The molecule has 5 nitrogen and oxygen atoms in total. The van der Waals surface area contributed by atoms with E-state index in [1.807, 2.05) is 24.4 Å². The van der Waals surface area contributed by atoms with Crippen LogP contribution in [0.4, 0.5) is 11.4 Å². The first-order chi connectivity index (χ1) is 11.3. The van der Waals surface area contributed by atoms with Crippen LogP contribution in [-0.2, 0) is 24.2 Å². The standard InChI is InChI=1S/C18H18N2O3/c1-22-17-14-5-3-2-4-13(14)16(9-19-17)20-12-7-6-11-10-23-18(21)15(11)8-12/h6-9,20H,2-5,10H2,1H3. The van der Waals surface area contributed by atoms with Crippen molar-refractivity contribution >= 4 is 17.3 Å². The fourth-order valence-corrected chi connectivity index (χ4v) is 3.35. The number of rotatable bonds is 3. The molecule has 1 N–H and O–H groups in total. The first kappa shape index (κ1) is 14.1. The monoisotopic (exact) mass is 310 g/mol. The Morgan fingerprint density at radius 1 is 1.22 bits per heavy atom. The Bertz CT molecular complexity index is 786. The summed E-state index contributed by atoms with van der Waals surface area (Å²) in [5, 5.41) is 3.41. The topological polar surface area (TPSA) is 60.5 Å². The SMILES string of the molecule is COc1ncc(Nc2ccc3c(c2)C(=O)OC3)c2c1CCCC2. The molecule has 1 aromatic heterocycles. The average molecular weight is 310 g/mol. The number of hydrogen-bond acceptors (Lipinski definition) is 5. The second-order valence-corrected chi connectivity index (χ2v) is 5.92. The molecule has 1 aromatic carbocycles. The molecule has 0 fully saturated rings. The van der Waals surface area contributed by atoms with E-state index >= 15 is 0 Å². The molecule has 2 heterocycles. The molecule has 4 rings (SSSR count). The predicted molar refractivity (Wildman–Crippen MR) is 86.3 cm³/mol. The number of anilines is 2. The molecule has 0 bridgehead atoms. The number of fused-ring (bicyclic) bond motifs is 2. The van der Waals surface area contributed by atoms with E-state index < -0.39 is 0 Å². The molecule has 2 aliphatic rings. The summed E-state index contributed by atoms with van der Waals surface area (Å²) < 4.78 is 10.4. The van der Waals surface area contributed by atoms with Gasteiger partial charge in [0, 0.05) is 16.8 Å². The summed E-state index contributed by atoms with van der Waals surface area (Å²) in [4.78, 5) is 16.1. The smallest absolute Gasteiger partial charge is 0.338 e. The number of benzene rings is 1. The van der Waals surface area contributed by atoms with Gasteiger partial charge >= 0.3 is 5.97 Å². The lowest BCUT2D eigenvalue weighted by molar-refractivity contribution is 0.0535. The van der Waals surface area contributed by atoms with Crippen LogP contribution in [0.2, 0.25) is 0 Å². The minimum Gasteiger partial charge on any atom is -0.481 e. The molecule has 2 aromatic rings. The van der Waals surface area contributed by atoms with Crippen LogP contribution in [0.15, 0.2) is 24.4 Å². The quantitative estimate of drug-likeness (QED) is 0.881. The molecule has 1 aliphatic carbocycles. The van der Waals surface area contributed by atoms with E-state index in [-0.39, 0.29) is 5.97 Å². The molecule has 118 valence electrons. The van der Waals surface area contributed by atoms with Gasteiger partial charge in [0.05, 0.1) is 24.6 Å². The third-order valence-electron chi connectivity index (χ3n) is 4.52. The first-order valence-corrected chi connectivity index (χ1v) is 7.88. The largest absolute Gasteiger partial charge is 0.481 e. The molecule has 0 saturated heterocycles. The van der Waals surface area contributed by atoms with Crippen molar-refractivity contribution in [1.82, 2.24) is 4.98 Å². The van der Waals surface area contributed by atoms with Crippen molar-refractivity contribution in [2.75, 3.05) is 12.4 Å². The van der Waals surface area contributed by atoms with Gasteiger partial charge in [-0.1, -0.05) is 6.07 Å². The van der Waals surface area contributed by atoms with Crippen molar-refractivity contribution in [2.24, 2.45) is 0 Å². The summed E-state index contributed by atoms with van der Waals surface area (Å²) in [7, 11) is 1.66. The molecule has 1 aliphatic heterocycles. The molecule has 0 atom stereocenters. The van der Waals surface area contributed by atoms with Crippen LogP contribution in [0.25, 0.3) is 0 Å². The van der Waals surface area contributed by atoms with E-state index in [2.05, 4.69) is 10.3 Å². The van der Waals surface area contributed by atoms with Gasteiger partial charge in [-0.2, -0.15) is 0 Å². The zero-order valence-corrected chi connectivity index (χ0v) is 13.0.